The number of carbonyl (C=O) groups excluding carboxylic acids is 1. The summed E-state index contributed by atoms with van der Waals surface area (Å²) in [6.07, 6.45) is 2.27. The topological polar surface area (TPSA) is 52.1 Å². The monoisotopic (exact) mass is 386 g/mol. The molecule has 2 heterocycles. The summed E-state index contributed by atoms with van der Waals surface area (Å²) in [6, 6.07) is 6.47. The number of nitrogens with zero attached hydrogens (tertiary/aromatic N) is 2. The highest BCUT2D eigenvalue weighted by Crippen LogP contribution is 2.40. The van der Waals surface area contributed by atoms with Gasteiger partial charge in [0.25, 0.3) is 0 Å². The number of benzene rings is 1. The average molecular weight is 387 g/mol. The zero-order valence-electron chi connectivity index (χ0n) is 15.4. The third kappa shape index (κ3) is 3.76. The maximum absolute atomic E-state index is 12.2. The zero-order valence-corrected chi connectivity index (χ0v) is 17.0. The van der Waals surface area contributed by atoms with Crippen LogP contribution in [0.2, 0.25) is 0 Å². The maximum Gasteiger partial charge on any atom is 0.319 e. The van der Waals surface area contributed by atoms with E-state index >= 15 is 0 Å². The molecule has 6 heteroatoms. The van der Waals surface area contributed by atoms with Gasteiger partial charge in [0.05, 0.1) is 12.0 Å². The molecule has 3 rings (SSSR count). The minimum absolute atomic E-state index is 0.185. The van der Waals surface area contributed by atoms with Crippen molar-refractivity contribution in [3.05, 3.63) is 41.0 Å². The van der Waals surface area contributed by atoms with Crippen LogP contribution >= 0.6 is 23.1 Å². The number of thioether (sulfide) groups is 1. The van der Waals surface area contributed by atoms with Gasteiger partial charge in [0.1, 0.15) is 21.4 Å². The Labute approximate surface area is 162 Å². The minimum Gasteiger partial charge on any atom is -0.465 e. The maximum atomic E-state index is 12.2. The summed E-state index contributed by atoms with van der Waals surface area (Å²) in [5, 5.41) is 3.72. The van der Waals surface area contributed by atoms with E-state index in [1.165, 1.54) is 22.9 Å². The second-order valence-corrected chi connectivity index (χ2v) is 8.12. The third-order valence-electron chi connectivity index (χ3n) is 4.33. The smallest absolute Gasteiger partial charge is 0.319 e. The molecule has 0 N–H and O–H groups in total. The van der Waals surface area contributed by atoms with Crippen molar-refractivity contribution in [2.75, 3.05) is 6.61 Å². The van der Waals surface area contributed by atoms with Gasteiger partial charge in [-0.2, -0.15) is 0 Å². The van der Waals surface area contributed by atoms with Crippen LogP contribution in [0.1, 0.15) is 31.4 Å². The van der Waals surface area contributed by atoms with Crippen molar-refractivity contribution in [1.29, 1.82) is 0 Å². The number of ether oxygens (including phenoxy) is 1. The fourth-order valence-electron chi connectivity index (χ4n) is 2.73. The van der Waals surface area contributed by atoms with Crippen LogP contribution in [0.5, 0.6) is 0 Å². The predicted molar refractivity (Wildman–Crippen MR) is 109 cm³/mol. The largest absolute Gasteiger partial charge is 0.465 e. The molecule has 0 aliphatic carbocycles. The molecule has 0 bridgehead atoms. The molecular weight excluding hydrogens is 364 g/mol. The predicted octanol–water partition coefficient (Wildman–Crippen LogP) is 5.41. The first-order valence-corrected chi connectivity index (χ1v) is 10.4. The van der Waals surface area contributed by atoms with Gasteiger partial charge in [-0.05, 0) is 43.9 Å². The lowest BCUT2D eigenvalue weighted by molar-refractivity contribution is -0.142. The Morgan fingerprint density at radius 3 is 2.73 bits per heavy atom. The summed E-state index contributed by atoms with van der Waals surface area (Å²) in [7, 11) is 0. The molecule has 0 fully saturated rings. The Bertz CT molecular complexity index is 937. The molecule has 0 amide bonds. The highest BCUT2D eigenvalue weighted by Gasteiger charge is 2.23. The lowest BCUT2D eigenvalue weighted by atomic mass is 10.0. The van der Waals surface area contributed by atoms with E-state index in [4.69, 9.17) is 4.74 Å². The van der Waals surface area contributed by atoms with Crippen LogP contribution in [-0.2, 0) is 9.53 Å². The summed E-state index contributed by atoms with van der Waals surface area (Å²) in [5.74, 6) is -0.185. The minimum atomic E-state index is -0.263. The number of carbonyl (C=O) groups is 1. The normalized spacial score (nSPS) is 12.3. The van der Waals surface area contributed by atoms with Crippen molar-refractivity contribution < 1.29 is 9.53 Å². The number of hydrogen-bond acceptors (Lipinski definition) is 6. The van der Waals surface area contributed by atoms with Gasteiger partial charge in [-0.25, -0.2) is 9.97 Å². The summed E-state index contributed by atoms with van der Waals surface area (Å²) in [4.78, 5) is 22.1. The molecular formula is C20H22N2O2S2. The Kier molecular flexibility index (Phi) is 5.94. The lowest BCUT2D eigenvalue weighted by Crippen LogP contribution is -2.19. The average Bonchev–Trinajstić information content (AvgIpc) is 3.07. The lowest BCUT2D eigenvalue weighted by Gasteiger charge is -2.13. The first-order valence-electron chi connectivity index (χ1n) is 8.68. The van der Waals surface area contributed by atoms with Crippen molar-refractivity contribution in [3.8, 4) is 11.1 Å². The van der Waals surface area contributed by atoms with Crippen LogP contribution < -0.4 is 0 Å². The molecule has 0 aliphatic heterocycles. The molecule has 0 radical (unpaired) electrons. The van der Waals surface area contributed by atoms with E-state index in [0.717, 1.165) is 26.4 Å². The Balaban J connectivity index is 2.05. The number of hydrogen-bond donors (Lipinski definition) is 0. The van der Waals surface area contributed by atoms with Gasteiger partial charge < -0.3 is 4.74 Å². The van der Waals surface area contributed by atoms with Gasteiger partial charge in [0.15, 0.2) is 0 Å². The molecule has 136 valence electrons. The van der Waals surface area contributed by atoms with E-state index in [-0.39, 0.29) is 11.2 Å². The van der Waals surface area contributed by atoms with E-state index in [0.29, 0.717) is 13.0 Å². The molecule has 26 heavy (non-hydrogen) atoms. The Morgan fingerprint density at radius 1 is 1.23 bits per heavy atom. The van der Waals surface area contributed by atoms with E-state index < -0.39 is 0 Å². The fourth-order valence-corrected chi connectivity index (χ4v) is 4.74. The highest BCUT2D eigenvalue weighted by atomic mass is 32.2. The SMILES string of the molecule is CCOC(=O)[C@@H](CC)Sc1ncnc2scc(-c3ccc(C)c(C)c3)c12. The number of aryl methyl sites for hydroxylation is 2. The Morgan fingerprint density at radius 2 is 2.04 bits per heavy atom. The van der Waals surface area contributed by atoms with E-state index in [1.807, 2.05) is 13.8 Å². The first kappa shape index (κ1) is 18.9. The molecule has 1 aromatic carbocycles. The van der Waals surface area contributed by atoms with Crippen molar-refractivity contribution in [2.24, 2.45) is 0 Å². The zero-order chi connectivity index (χ0) is 18.7. The summed E-state index contributed by atoms with van der Waals surface area (Å²) >= 11 is 3.07. The van der Waals surface area contributed by atoms with Crippen molar-refractivity contribution >= 4 is 39.3 Å². The molecule has 1 atom stereocenters. The van der Waals surface area contributed by atoms with Crippen LogP contribution in [0.25, 0.3) is 21.3 Å². The number of esters is 1. The number of fused-ring (bicyclic) bond motifs is 1. The number of rotatable bonds is 6. The number of aromatic nitrogens is 2. The molecule has 3 aromatic rings. The molecule has 0 unspecified atom stereocenters. The second-order valence-electron chi connectivity index (χ2n) is 6.07. The van der Waals surface area contributed by atoms with Crippen LogP contribution in [0.15, 0.2) is 34.9 Å². The van der Waals surface area contributed by atoms with Crippen molar-refractivity contribution in [3.63, 3.8) is 0 Å². The molecule has 4 nitrogen and oxygen atoms in total. The molecule has 0 spiro atoms. The summed E-state index contributed by atoms with van der Waals surface area (Å²) in [5.41, 5.74) is 4.80. The van der Waals surface area contributed by atoms with Gasteiger partial charge >= 0.3 is 5.97 Å². The van der Waals surface area contributed by atoms with Crippen molar-refractivity contribution in [2.45, 2.75) is 44.4 Å². The van der Waals surface area contributed by atoms with E-state index in [2.05, 4.69) is 47.4 Å². The quantitative estimate of drug-likeness (QED) is 0.322. The summed E-state index contributed by atoms with van der Waals surface area (Å²) in [6.45, 7) is 8.44. The van der Waals surface area contributed by atoms with E-state index in [9.17, 15) is 4.79 Å². The van der Waals surface area contributed by atoms with Gasteiger partial charge in [-0.1, -0.05) is 36.9 Å². The third-order valence-corrected chi connectivity index (χ3v) is 6.56. The van der Waals surface area contributed by atoms with Crippen LogP contribution in [0, 0.1) is 13.8 Å². The number of thiophene rings is 1. The van der Waals surface area contributed by atoms with Crippen LogP contribution in [0.3, 0.4) is 0 Å². The van der Waals surface area contributed by atoms with Gasteiger partial charge in [-0.3, -0.25) is 4.79 Å². The van der Waals surface area contributed by atoms with Crippen molar-refractivity contribution in [1.82, 2.24) is 9.97 Å². The van der Waals surface area contributed by atoms with Gasteiger partial charge in [-0.15, -0.1) is 11.3 Å². The summed E-state index contributed by atoms with van der Waals surface area (Å²) < 4.78 is 5.20. The van der Waals surface area contributed by atoms with E-state index in [1.54, 1.807) is 17.7 Å². The van der Waals surface area contributed by atoms with Gasteiger partial charge in [0.2, 0.25) is 0 Å². The van der Waals surface area contributed by atoms with Crippen LogP contribution in [-0.4, -0.2) is 27.8 Å². The second kappa shape index (κ2) is 8.18. The first-order chi connectivity index (χ1) is 12.5. The van der Waals surface area contributed by atoms with Crippen LogP contribution in [0.4, 0.5) is 0 Å². The molecule has 2 aromatic heterocycles. The highest BCUT2D eigenvalue weighted by molar-refractivity contribution is 8.00. The standard InChI is InChI=1S/C20H22N2O2S2/c1-5-16(20(23)24-6-2)26-19-17-15(10-25-18(17)21-11-22-19)14-8-7-12(3)13(4)9-14/h7-11,16H,5-6H2,1-4H3/t16-/m1/s1. The fraction of sp³-hybridized carbons (Fsp3) is 0.350. The Hall–Kier alpha value is -1.92. The molecule has 0 saturated heterocycles. The van der Waals surface area contributed by atoms with Gasteiger partial charge in [0, 0.05) is 10.9 Å². The molecule has 0 aliphatic rings. The molecule has 0 saturated carbocycles.